The lowest BCUT2D eigenvalue weighted by atomic mass is 10.2. The molecular weight excluding hydrogens is 226 g/mol. The Hall–Kier alpha value is -1.97. The van der Waals surface area contributed by atoms with Crippen molar-refractivity contribution in [2.75, 3.05) is 20.2 Å². The molecule has 4 heteroatoms. The first-order chi connectivity index (χ1) is 8.81. The van der Waals surface area contributed by atoms with Gasteiger partial charge in [0.15, 0.2) is 5.96 Å². The van der Waals surface area contributed by atoms with E-state index in [0.717, 1.165) is 23.8 Å². The molecule has 0 atom stereocenters. The van der Waals surface area contributed by atoms with Crippen LogP contribution in [0, 0.1) is 0 Å². The maximum atomic E-state index is 5.29. The Kier molecular flexibility index (Phi) is 6.40. The maximum Gasteiger partial charge on any atom is 0.191 e. The molecule has 0 saturated carbocycles. The molecule has 0 fully saturated rings. The number of hydrogen-bond donors (Lipinski definition) is 2. The molecule has 1 aromatic rings. The largest absolute Gasteiger partial charge is 0.496 e. The van der Waals surface area contributed by atoms with Crippen LogP contribution in [0.3, 0.4) is 0 Å². The predicted octanol–water partition coefficient (Wildman–Crippen LogP) is 1.94. The molecular formula is C14H21N3O. The summed E-state index contributed by atoms with van der Waals surface area (Å²) in [6, 6.07) is 7.89. The first-order valence-electron chi connectivity index (χ1n) is 6.06. The van der Waals surface area contributed by atoms with E-state index in [1.807, 2.05) is 31.2 Å². The number of guanidine groups is 1. The average molecular weight is 247 g/mol. The normalized spacial score (nSPS) is 10.9. The molecule has 0 radical (unpaired) electrons. The highest BCUT2D eigenvalue weighted by atomic mass is 16.5. The molecule has 0 aromatic heterocycles. The van der Waals surface area contributed by atoms with Crippen molar-refractivity contribution in [3.05, 3.63) is 42.5 Å². The Bertz CT molecular complexity index is 402. The molecule has 0 aliphatic rings. The first kappa shape index (κ1) is 14.1. The summed E-state index contributed by atoms with van der Waals surface area (Å²) >= 11 is 0. The standard InChI is InChI=1S/C14H21N3O/c1-4-10-16-14(15-5-2)17-11-12-8-6-7-9-13(12)18-3/h4,6-9H,1,5,10-11H2,2-3H3,(H2,15,16,17). The number of ether oxygens (including phenoxy) is 1. The number of benzene rings is 1. The minimum atomic E-state index is 0.580. The minimum absolute atomic E-state index is 0.580. The van der Waals surface area contributed by atoms with Gasteiger partial charge in [-0.05, 0) is 13.0 Å². The molecule has 2 N–H and O–H groups in total. The van der Waals surface area contributed by atoms with Gasteiger partial charge in [0.1, 0.15) is 5.75 Å². The van der Waals surface area contributed by atoms with Gasteiger partial charge in [0.25, 0.3) is 0 Å². The van der Waals surface area contributed by atoms with Crippen LogP contribution in [0.25, 0.3) is 0 Å². The second-order valence-corrected chi connectivity index (χ2v) is 3.68. The zero-order valence-electron chi connectivity index (χ0n) is 11.1. The van der Waals surface area contributed by atoms with Gasteiger partial charge in [0.2, 0.25) is 0 Å². The highest BCUT2D eigenvalue weighted by Gasteiger charge is 2.01. The van der Waals surface area contributed by atoms with E-state index in [4.69, 9.17) is 4.74 Å². The fourth-order valence-electron chi connectivity index (χ4n) is 1.51. The highest BCUT2D eigenvalue weighted by molar-refractivity contribution is 5.79. The van der Waals surface area contributed by atoms with E-state index >= 15 is 0 Å². The van der Waals surface area contributed by atoms with Crippen LogP contribution in [-0.4, -0.2) is 26.2 Å². The topological polar surface area (TPSA) is 45.7 Å². The predicted molar refractivity (Wildman–Crippen MR) is 76.0 cm³/mol. The zero-order chi connectivity index (χ0) is 13.2. The minimum Gasteiger partial charge on any atom is -0.496 e. The van der Waals surface area contributed by atoms with Gasteiger partial charge in [-0.15, -0.1) is 6.58 Å². The van der Waals surface area contributed by atoms with E-state index in [2.05, 4.69) is 22.2 Å². The van der Waals surface area contributed by atoms with Crippen LogP contribution in [-0.2, 0) is 6.54 Å². The summed E-state index contributed by atoms with van der Waals surface area (Å²) in [7, 11) is 1.67. The lowest BCUT2D eigenvalue weighted by molar-refractivity contribution is 0.410. The summed E-state index contributed by atoms with van der Waals surface area (Å²) in [5.41, 5.74) is 1.07. The lowest BCUT2D eigenvalue weighted by Crippen LogP contribution is -2.37. The van der Waals surface area contributed by atoms with Gasteiger partial charge in [0, 0.05) is 18.7 Å². The number of para-hydroxylation sites is 1. The van der Waals surface area contributed by atoms with Crippen molar-refractivity contribution in [2.45, 2.75) is 13.5 Å². The highest BCUT2D eigenvalue weighted by Crippen LogP contribution is 2.17. The summed E-state index contributed by atoms with van der Waals surface area (Å²) in [6.07, 6.45) is 1.80. The van der Waals surface area contributed by atoms with Gasteiger partial charge < -0.3 is 15.4 Å². The summed E-state index contributed by atoms with van der Waals surface area (Å²) in [4.78, 5) is 4.50. The van der Waals surface area contributed by atoms with Crippen LogP contribution in [0.5, 0.6) is 5.75 Å². The van der Waals surface area contributed by atoms with E-state index in [9.17, 15) is 0 Å². The Morgan fingerprint density at radius 3 is 2.83 bits per heavy atom. The molecule has 0 spiro atoms. The summed E-state index contributed by atoms with van der Waals surface area (Å²) in [6.45, 7) is 7.81. The van der Waals surface area contributed by atoms with Crippen molar-refractivity contribution in [1.29, 1.82) is 0 Å². The van der Waals surface area contributed by atoms with Gasteiger partial charge in [0.05, 0.1) is 13.7 Å². The molecule has 0 aliphatic heterocycles. The molecule has 0 amide bonds. The second kappa shape index (κ2) is 8.17. The van der Waals surface area contributed by atoms with E-state index in [0.29, 0.717) is 13.1 Å². The number of nitrogens with one attached hydrogen (secondary N) is 2. The van der Waals surface area contributed by atoms with E-state index in [1.54, 1.807) is 13.2 Å². The smallest absolute Gasteiger partial charge is 0.191 e. The van der Waals surface area contributed by atoms with Gasteiger partial charge in [-0.1, -0.05) is 24.3 Å². The number of rotatable bonds is 6. The van der Waals surface area contributed by atoms with Crippen LogP contribution in [0.15, 0.2) is 41.9 Å². The van der Waals surface area contributed by atoms with Gasteiger partial charge in [-0.25, -0.2) is 4.99 Å². The molecule has 4 nitrogen and oxygen atoms in total. The third kappa shape index (κ3) is 4.49. The fourth-order valence-corrected chi connectivity index (χ4v) is 1.51. The molecule has 18 heavy (non-hydrogen) atoms. The average Bonchev–Trinajstić information content (AvgIpc) is 2.42. The molecule has 0 saturated heterocycles. The Morgan fingerprint density at radius 2 is 2.17 bits per heavy atom. The van der Waals surface area contributed by atoms with Crippen LogP contribution >= 0.6 is 0 Å². The fraction of sp³-hybridized carbons (Fsp3) is 0.357. The summed E-state index contributed by atoms with van der Waals surface area (Å²) in [5.74, 6) is 1.64. The van der Waals surface area contributed by atoms with Crippen LogP contribution < -0.4 is 15.4 Å². The van der Waals surface area contributed by atoms with E-state index in [1.165, 1.54) is 0 Å². The molecule has 1 rings (SSSR count). The van der Waals surface area contributed by atoms with Crippen molar-refractivity contribution in [3.63, 3.8) is 0 Å². The second-order valence-electron chi connectivity index (χ2n) is 3.68. The Balaban J connectivity index is 2.70. The van der Waals surface area contributed by atoms with Crippen molar-refractivity contribution in [2.24, 2.45) is 4.99 Å². The van der Waals surface area contributed by atoms with Crippen molar-refractivity contribution < 1.29 is 4.74 Å². The molecule has 0 aliphatic carbocycles. The molecule has 0 bridgehead atoms. The van der Waals surface area contributed by atoms with Crippen molar-refractivity contribution in [1.82, 2.24) is 10.6 Å². The van der Waals surface area contributed by atoms with Crippen molar-refractivity contribution in [3.8, 4) is 5.75 Å². The zero-order valence-corrected chi connectivity index (χ0v) is 11.1. The van der Waals surface area contributed by atoms with Gasteiger partial charge in [-0.2, -0.15) is 0 Å². The molecule has 1 aromatic carbocycles. The Morgan fingerprint density at radius 1 is 1.39 bits per heavy atom. The maximum absolute atomic E-state index is 5.29. The van der Waals surface area contributed by atoms with Crippen LogP contribution in [0.2, 0.25) is 0 Å². The van der Waals surface area contributed by atoms with Crippen LogP contribution in [0.4, 0.5) is 0 Å². The van der Waals surface area contributed by atoms with E-state index < -0.39 is 0 Å². The Labute approximate surface area is 109 Å². The molecule has 0 unspecified atom stereocenters. The van der Waals surface area contributed by atoms with Crippen LogP contribution in [0.1, 0.15) is 12.5 Å². The van der Waals surface area contributed by atoms with E-state index in [-0.39, 0.29) is 0 Å². The van der Waals surface area contributed by atoms with Gasteiger partial charge in [-0.3, -0.25) is 0 Å². The molecule has 98 valence electrons. The third-order valence-corrected chi connectivity index (χ3v) is 2.36. The SMILES string of the molecule is C=CCNC(=NCc1ccccc1OC)NCC. The monoisotopic (exact) mass is 247 g/mol. The lowest BCUT2D eigenvalue weighted by Gasteiger charge is -2.10. The van der Waals surface area contributed by atoms with Gasteiger partial charge >= 0.3 is 0 Å². The number of methoxy groups -OCH3 is 1. The first-order valence-corrected chi connectivity index (χ1v) is 6.06. The summed E-state index contributed by atoms with van der Waals surface area (Å²) in [5, 5.41) is 6.33. The summed E-state index contributed by atoms with van der Waals surface area (Å²) < 4.78 is 5.29. The molecule has 0 heterocycles. The quantitative estimate of drug-likeness (QED) is 0.459. The number of nitrogens with zero attached hydrogens (tertiary/aromatic N) is 1. The third-order valence-electron chi connectivity index (χ3n) is 2.36. The van der Waals surface area contributed by atoms with Crippen molar-refractivity contribution >= 4 is 5.96 Å². The number of aliphatic imine (C=N–C) groups is 1. The number of hydrogen-bond acceptors (Lipinski definition) is 2.